The van der Waals surface area contributed by atoms with Crippen LogP contribution in [0.3, 0.4) is 0 Å². The zero-order chi connectivity index (χ0) is 30.7. The van der Waals surface area contributed by atoms with Crippen molar-refractivity contribution in [3.63, 3.8) is 0 Å². The number of ether oxygens (including phenoxy) is 1. The van der Waals surface area contributed by atoms with E-state index in [2.05, 4.69) is 16.0 Å². The largest absolute Gasteiger partial charge is 0.460 e. The first-order valence-corrected chi connectivity index (χ1v) is 13.9. The van der Waals surface area contributed by atoms with E-state index in [-0.39, 0.29) is 42.6 Å². The molecule has 2 atom stereocenters. The van der Waals surface area contributed by atoms with Gasteiger partial charge in [-0.2, -0.15) is 0 Å². The van der Waals surface area contributed by atoms with Crippen molar-refractivity contribution in [3.05, 3.63) is 42.0 Å². The quantitative estimate of drug-likeness (QED) is 0.177. The number of hydrogen-bond acceptors (Lipinski definition) is 7. The van der Waals surface area contributed by atoms with E-state index in [1.807, 2.05) is 0 Å². The number of anilines is 1. The Hall–Kier alpha value is -4.02. The molecule has 1 aliphatic rings. The van der Waals surface area contributed by atoms with Crippen LogP contribution in [-0.4, -0.2) is 59.0 Å². The molecule has 0 bridgehead atoms. The normalized spacial score (nSPS) is 14.6. The van der Waals surface area contributed by atoms with Crippen molar-refractivity contribution in [3.8, 4) is 0 Å². The second-order valence-electron chi connectivity index (χ2n) is 11.5. The number of unbranched alkanes of at least 4 members (excludes halogenated alkanes) is 2. The van der Waals surface area contributed by atoms with Gasteiger partial charge in [0, 0.05) is 30.8 Å². The summed E-state index contributed by atoms with van der Waals surface area (Å²) in [7, 11) is 0. The van der Waals surface area contributed by atoms with Gasteiger partial charge in [-0.25, -0.2) is 0 Å². The number of nitrogens with one attached hydrogen (secondary N) is 3. The van der Waals surface area contributed by atoms with Crippen LogP contribution in [0.25, 0.3) is 0 Å². The third-order valence-electron chi connectivity index (χ3n) is 6.41. The highest BCUT2D eigenvalue weighted by atomic mass is 16.5. The lowest BCUT2D eigenvalue weighted by Gasteiger charge is -2.24. The minimum atomic E-state index is -0.862. The van der Waals surface area contributed by atoms with Gasteiger partial charge in [0.2, 0.25) is 17.7 Å². The molecule has 0 saturated heterocycles. The Morgan fingerprint density at radius 1 is 0.854 bits per heavy atom. The van der Waals surface area contributed by atoms with E-state index in [1.54, 1.807) is 65.8 Å². The first-order chi connectivity index (χ1) is 19.2. The lowest BCUT2D eigenvalue weighted by molar-refractivity contribution is -0.154. The fourth-order valence-corrected chi connectivity index (χ4v) is 3.83. The average molecular weight is 571 g/mol. The molecule has 11 heteroatoms. The van der Waals surface area contributed by atoms with Gasteiger partial charge in [0.1, 0.15) is 18.7 Å². The Morgan fingerprint density at radius 2 is 1.46 bits per heavy atom. The van der Waals surface area contributed by atoms with Crippen molar-refractivity contribution in [1.29, 1.82) is 0 Å². The van der Waals surface area contributed by atoms with E-state index in [9.17, 15) is 28.8 Å². The van der Waals surface area contributed by atoms with Crippen LogP contribution < -0.4 is 16.0 Å². The summed E-state index contributed by atoms with van der Waals surface area (Å²) in [5.41, 5.74) is 0.696. The van der Waals surface area contributed by atoms with E-state index in [1.165, 1.54) is 17.1 Å². The summed E-state index contributed by atoms with van der Waals surface area (Å²) >= 11 is 0. The SMILES string of the molecule is CC(C)[C@H](NC(=O)CCCCCN1C(=O)C=CC1=O)C(=O)N[C@@H](C)C(=O)Nc1ccc(COC(=O)C(C)(C)C)cc1. The maximum Gasteiger partial charge on any atom is 0.311 e. The number of carbonyl (C=O) groups excluding carboxylic acids is 6. The standard InChI is InChI=1S/C30H42N4O7/c1-19(2)26(33-23(35)10-8-7-9-17-34-24(36)15-16-25(34)37)28(39)31-20(3)27(38)32-22-13-11-21(12-14-22)18-41-29(40)30(4,5)6/h11-16,19-20,26H,7-10,17-18H2,1-6H3,(H,31,39)(H,32,38)(H,33,35)/t20-,26-/m0/s1. The van der Waals surface area contributed by atoms with Gasteiger partial charge in [-0.05, 0) is 64.2 Å². The van der Waals surface area contributed by atoms with Crippen molar-refractivity contribution < 1.29 is 33.5 Å². The Morgan fingerprint density at radius 3 is 2.02 bits per heavy atom. The Kier molecular flexibility index (Phi) is 12.2. The molecule has 0 aliphatic carbocycles. The summed E-state index contributed by atoms with van der Waals surface area (Å²) < 4.78 is 5.29. The van der Waals surface area contributed by atoms with Gasteiger partial charge < -0.3 is 20.7 Å². The summed E-state index contributed by atoms with van der Waals surface area (Å²) in [6.07, 6.45) is 4.44. The van der Waals surface area contributed by atoms with E-state index in [0.717, 1.165) is 5.56 Å². The molecule has 0 saturated carbocycles. The number of imide groups is 1. The number of carbonyl (C=O) groups is 6. The van der Waals surface area contributed by atoms with Crippen LogP contribution in [0.5, 0.6) is 0 Å². The Labute approximate surface area is 241 Å². The molecule has 3 N–H and O–H groups in total. The number of benzene rings is 1. The zero-order valence-corrected chi connectivity index (χ0v) is 24.7. The van der Waals surface area contributed by atoms with Crippen LogP contribution in [0.2, 0.25) is 0 Å². The minimum Gasteiger partial charge on any atom is -0.460 e. The average Bonchev–Trinajstić information content (AvgIpc) is 3.22. The van der Waals surface area contributed by atoms with Crippen molar-refractivity contribution in [2.45, 2.75) is 85.9 Å². The predicted molar refractivity (Wildman–Crippen MR) is 153 cm³/mol. The number of nitrogens with zero attached hydrogens (tertiary/aromatic N) is 1. The van der Waals surface area contributed by atoms with Gasteiger partial charge in [0.25, 0.3) is 11.8 Å². The van der Waals surface area contributed by atoms with Crippen LogP contribution in [0.15, 0.2) is 36.4 Å². The minimum absolute atomic E-state index is 0.122. The predicted octanol–water partition coefficient (Wildman–Crippen LogP) is 2.85. The smallest absolute Gasteiger partial charge is 0.311 e. The Bertz CT molecular complexity index is 1130. The summed E-state index contributed by atoms with van der Waals surface area (Å²) in [5.74, 6) is -2.35. The molecule has 1 aromatic rings. The fraction of sp³-hybridized carbons (Fsp3) is 0.533. The highest BCUT2D eigenvalue weighted by Gasteiger charge is 2.27. The lowest BCUT2D eigenvalue weighted by atomic mass is 9.97. The van der Waals surface area contributed by atoms with Crippen LogP contribution in [0.1, 0.15) is 72.8 Å². The maximum atomic E-state index is 12.9. The second kappa shape index (κ2) is 15.1. The molecule has 0 spiro atoms. The number of amides is 5. The lowest BCUT2D eigenvalue weighted by Crippen LogP contribution is -2.53. The van der Waals surface area contributed by atoms with Gasteiger partial charge >= 0.3 is 5.97 Å². The molecule has 224 valence electrons. The first-order valence-electron chi connectivity index (χ1n) is 13.9. The van der Waals surface area contributed by atoms with Crippen LogP contribution in [-0.2, 0) is 40.1 Å². The van der Waals surface area contributed by atoms with Crippen molar-refractivity contribution in [2.24, 2.45) is 11.3 Å². The van der Waals surface area contributed by atoms with Crippen molar-refractivity contribution >= 4 is 41.2 Å². The van der Waals surface area contributed by atoms with Gasteiger partial charge in [0.05, 0.1) is 5.41 Å². The number of rotatable bonds is 14. The molecule has 11 nitrogen and oxygen atoms in total. The molecule has 0 aromatic heterocycles. The van der Waals surface area contributed by atoms with Crippen LogP contribution in [0, 0.1) is 11.3 Å². The molecule has 0 fully saturated rings. The molecule has 2 rings (SSSR count). The summed E-state index contributed by atoms with van der Waals surface area (Å²) in [6, 6.07) is 5.16. The highest BCUT2D eigenvalue weighted by Crippen LogP contribution is 2.17. The van der Waals surface area contributed by atoms with Crippen molar-refractivity contribution in [1.82, 2.24) is 15.5 Å². The van der Waals surface area contributed by atoms with Gasteiger partial charge in [0.15, 0.2) is 0 Å². The monoisotopic (exact) mass is 570 g/mol. The number of hydrogen-bond donors (Lipinski definition) is 3. The topological polar surface area (TPSA) is 151 Å². The van der Waals surface area contributed by atoms with E-state index in [0.29, 0.717) is 31.5 Å². The second-order valence-corrected chi connectivity index (χ2v) is 11.5. The van der Waals surface area contributed by atoms with Gasteiger partial charge in [-0.15, -0.1) is 0 Å². The zero-order valence-electron chi connectivity index (χ0n) is 24.7. The fourth-order valence-electron chi connectivity index (χ4n) is 3.83. The third kappa shape index (κ3) is 10.8. The number of esters is 1. The van der Waals surface area contributed by atoms with Crippen molar-refractivity contribution in [2.75, 3.05) is 11.9 Å². The van der Waals surface area contributed by atoms with Gasteiger partial charge in [-0.3, -0.25) is 33.7 Å². The molecule has 5 amide bonds. The van der Waals surface area contributed by atoms with Gasteiger partial charge in [-0.1, -0.05) is 32.4 Å². The van der Waals surface area contributed by atoms with Crippen LogP contribution >= 0.6 is 0 Å². The Balaban J connectivity index is 1.76. The molecule has 0 unspecified atom stereocenters. The van der Waals surface area contributed by atoms with E-state index in [4.69, 9.17) is 4.74 Å². The summed E-state index contributed by atoms with van der Waals surface area (Å²) in [5, 5.41) is 8.15. The third-order valence-corrected chi connectivity index (χ3v) is 6.41. The molecule has 41 heavy (non-hydrogen) atoms. The molecule has 0 radical (unpaired) electrons. The molecule has 1 aliphatic heterocycles. The molecule has 1 heterocycles. The molecular weight excluding hydrogens is 528 g/mol. The summed E-state index contributed by atoms with van der Waals surface area (Å²) in [4.78, 5) is 74.3. The maximum absolute atomic E-state index is 12.9. The molecule has 1 aromatic carbocycles. The van der Waals surface area contributed by atoms with E-state index >= 15 is 0 Å². The molecular formula is C30H42N4O7. The highest BCUT2D eigenvalue weighted by molar-refractivity contribution is 6.12. The summed E-state index contributed by atoms with van der Waals surface area (Å²) in [6.45, 7) is 10.9. The first kappa shape index (κ1) is 33.2. The van der Waals surface area contributed by atoms with Crippen LogP contribution in [0.4, 0.5) is 5.69 Å². The van der Waals surface area contributed by atoms with E-state index < -0.39 is 29.3 Å².